The third-order valence-electron chi connectivity index (χ3n) is 8.86. The number of hydrogen-bond acceptors (Lipinski definition) is 9. The molecular formula is C37H50N4O9S. The molecule has 0 fully saturated rings. The Morgan fingerprint density at radius 2 is 1.59 bits per heavy atom. The van der Waals surface area contributed by atoms with Gasteiger partial charge in [0.1, 0.15) is 17.2 Å². The zero-order valence-electron chi connectivity index (χ0n) is 30.1. The molecule has 0 spiro atoms. The number of aliphatic hydroxyl groups is 1. The number of fused-ring (bicyclic) bond motifs is 1. The van der Waals surface area contributed by atoms with E-state index >= 15 is 0 Å². The number of nitrogens with one attached hydrogen (secondary N) is 2. The summed E-state index contributed by atoms with van der Waals surface area (Å²) in [6.45, 7) is 5.82. The molecule has 51 heavy (non-hydrogen) atoms. The Morgan fingerprint density at radius 3 is 2.22 bits per heavy atom. The molecule has 0 saturated carbocycles. The predicted octanol–water partition coefficient (Wildman–Crippen LogP) is 5.46. The smallest absolute Gasteiger partial charge is 0.323 e. The number of ether oxygens (including phenoxy) is 4. The fourth-order valence-corrected chi connectivity index (χ4v) is 6.89. The van der Waals surface area contributed by atoms with Gasteiger partial charge in [-0.1, -0.05) is 6.92 Å². The second kappa shape index (κ2) is 18.2. The molecule has 1 aliphatic rings. The lowest BCUT2D eigenvalue weighted by Gasteiger charge is -2.35. The number of anilines is 2. The summed E-state index contributed by atoms with van der Waals surface area (Å²) >= 11 is 0. The van der Waals surface area contributed by atoms with E-state index in [9.17, 15) is 23.1 Å². The van der Waals surface area contributed by atoms with Crippen LogP contribution < -0.4 is 24.8 Å². The Kier molecular flexibility index (Phi) is 14.1. The zero-order chi connectivity index (χ0) is 37.1. The average Bonchev–Trinajstić information content (AvgIpc) is 3.12. The highest BCUT2D eigenvalue weighted by Gasteiger charge is 2.32. The molecule has 4 rings (SSSR count). The molecule has 1 heterocycles. The molecule has 0 unspecified atom stereocenters. The Labute approximate surface area is 300 Å². The Morgan fingerprint density at radius 1 is 0.980 bits per heavy atom. The number of likely N-dealkylation sites (N-methyl/N-ethyl adjacent to an activating group) is 1. The van der Waals surface area contributed by atoms with Gasteiger partial charge in [0, 0.05) is 44.0 Å². The number of carbonyl (C=O) groups excluding carboxylic acids is 2. The van der Waals surface area contributed by atoms with Gasteiger partial charge >= 0.3 is 6.03 Å². The number of benzene rings is 3. The third-order valence-corrected chi connectivity index (χ3v) is 10.7. The number of carbonyl (C=O) groups is 2. The summed E-state index contributed by atoms with van der Waals surface area (Å²) in [5.74, 6) is 0.786. The zero-order valence-corrected chi connectivity index (χ0v) is 30.9. The van der Waals surface area contributed by atoms with Gasteiger partial charge in [0.25, 0.3) is 5.91 Å². The third kappa shape index (κ3) is 10.6. The molecule has 4 atom stereocenters. The van der Waals surface area contributed by atoms with E-state index in [1.165, 1.54) is 30.6 Å². The van der Waals surface area contributed by atoms with Gasteiger partial charge in [-0.25, -0.2) is 13.2 Å². The molecule has 13 nitrogen and oxygen atoms in total. The second-order valence-electron chi connectivity index (χ2n) is 12.8. The molecule has 3 N–H and O–H groups in total. The van der Waals surface area contributed by atoms with E-state index in [1.54, 1.807) is 73.5 Å². The van der Waals surface area contributed by atoms with Crippen LogP contribution >= 0.6 is 0 Å². The van der Waals surface area contributed by atoms with Gasteiger partial charge in [0.05, 0.1) is 49.5 Å². The number of aliphatic hydroxyl groups excluding tert-OH is 1. The number of hydrogen-bond donors (Lipinski definition) is 3. The van der Waals surface area contributed by atoms with E-state index < -0.39 is 34.1 Å². The van der Waals surface area contributed by atoms with E-state index in [0.717, 1.165) is 12.8 Å². The van der Waals surface area contributed by atoms with Crippen LogP contribution in [-0.2, 0) is 14.8 Å². The summed E-state index contributed by atoms with van der Waals surface area (Å²) in [6.07, 6.45) is 1.38. The van der Waals surface area contributed by atoms with Crippen molar-refractivity contribution in [3.8, 4) is 17.2 Å². The molecule has 0 radical (unpaired) electrons. The molecular weight excluding hydrogens is 676 g/mol. The quantitative estimate of drug-likeness (QED) is 0.247. The molecule has 14 heteroatoms. The first-order valence-corrected chi connectivity index (χ1v) is 18.5. The topological polar surface area (TPSA) is 156 Å². The molecule has 3 aromatic carbocycles. The number of nitrogens with zero attached hydrogens (tertiary/aromatic N) is 2. The number of amides is 3. The van der Waals surface area contributed by atoms with Crippen molar-refractivity contribution < 1.29 is 42.1 Å². The van der Waals surface area contributed by atoms with E-state index in [2.05, 4.69) is 10.6 Å². The van der Waals surface area contributed by atoms with E-state index in [-0.39, 0.29) is 42.2 Å². The highest BCUT2D eigenvalue weighted by molar-refractivity contribution is 7.89. The average molecular weight is 727 g/mol. The van der Waals surface area contributed by atoms with Gasteiger partial charge in [-0.3, -0.25) is 4.79 Å². The Bertz CT molecular complexity index is 1700. The molecule has 3 amide bonds. The molecule has 0 aromatic heterocycles. The normalized spacial score (nSPS) is 19.6. The molecule has 1 aliphatic heterocycles. The Hall–Kier alpha value is -4.37. The minimum atomic E-state index is -3.86. The van der Waals surface area contributed by atoms with E-state index in [0.29, 0.717) is 41.7 Å². The van der Waals surface area contributed by atoms with Crippen LogP contribution in [0.4, 0.5) is 16.2 Å². The van der Waals surface area contributed by atoms with E-state index in [4.69, 9.17) is 18.9 Å². The summed E-state index contributed by atoms with van der Waals surface area (Å²) < 4.78 is 51.3. The summed E-state index contributed by atoms with van der Waals surface area (Å²) in [6, 6.07) is 16.8. The van der Waals surface area contributed by atoms with Crippen molar-refractivity contribution in [1.82, 2.24) is 9.21 Å². The highest BCUT2D eigenvalue weighted by atomic mass is 32.2. The number of sulfonamides is 1. The molecule has 0 aliphatic carbocycles. The van der Waals surface area contributed by atoms with Crippen molar-refractivity contribution in [2.45, 2.75) is 63.2 Å². The van der Waals surface area contributed by atoms with Gasteiger partial charge < -0.3 is 39.6 Å². The van der Waals surface area contributed by atoms with Gasteiger partial charge in [0.15, 0.2) is 0 Å². The first-order chi connectivity index (χ1) is 24.4. The maximum absolute atomic E-state index is 14.4. The van der Waals surface area contributed by atoms with Crippen molar-refractivity contribution in [3.63, 3.8) is 0 Å². The van der Waals surface area contributed by atoms with Crippen LogP contribution in [0.15, 0.2) is 71.6 Å². The standard InChI is InChI=1S/C37H50N4O9S/c1-25-22-41(26(2)24-42)36(43)33-21-29(39-37(44)38-28-10-13-30(47-5)14-11-28)12-19-34(33)50-27(3)9-7-8-20-49-35(25)23-40(4)51(45,46)32-17-15-31(48-6)16-18-32/h10-19,21,25-27,35,42H,7-9,20,22-24H2,1-6H3,(H2,38,39,44)/t25-,26+,27+,35-/m0/s1. The summed E-state index contributed by atoms with van der Waals surface area (Å²) in [7, 11) is 0.718. The van der Waals surface area contributed by atoms with Crippen LogP contribution in [0.5, 0.6) is 17.2 Å². The van der Waals surface area contributed by atoms with Crippen LogP contribution in [0.1, 0.15) is 50.4 Å². The van der Waals surface area contributed by atoms with Crippen LogP contribution in [0, 0.1) is 5.92 Å². The lowest BCUT2D eigenvalue weighted by atomic mass is 10.0. The van der Waals surface area contributed by atoms with Gasteiger partial charge in [-0.05, 0) is 99.8 Å². The van der Waals surface area contributed by atoms with Crippen LogP contribution in [-0.4, -0.2) is 100 Å². The fourth-order valence-electron chi connectivity index (χ4n) is 5.71. The maximum Gasteiger partial charge on any atom is 0.323 e. The van der Waals surface area contributed by atoms with Gasteiger partial charge in [-0.15, -0.1) is 0 Å². The van der Waals surface area contributed by atoms with Gasteiger partial charge in [0.2, 0.25) is 10.0 Å². The Balaban J connectivity index is 1.61. The highest BCUT2D eigenvalue weighted by Crippen LogP contribution is 2.29. The van der Waals surface area contributed by atoms with Crippen molar-refractivity contribution >= 4 is 33.3 Å². The second-order valence-corrected chi connectivity index (χ2v) is 14.8. The summed E-state index contributed by atoms with van der Waals surface area (Å²) in [5, 5.41) is 15.8. The largest absolute Gasteiger partial charge is 0.497 e. The lowest BCUT2D eigenvalue weighted by molar-refractivity contribution is -0.00834. The van der Waals surface area contributed by atoms with Crippen molar-refractivity contribution in [3.05, 3.63) is 72.3 Å². The number of methoxy groups -OCH3 is 2. The monoisotopic (exact) mass is 726 g/mol. The lowest BCUT2D eigenvalue weighted by Crippen LogP contribution is -2.48. The summed E-state index contributed by atoms with van der Waals surface area (Å²) in [4.78, 5) is 29.0. The SMILES string of the molecule is COc1ccc(NC(=O)Nc2ccc3c(c2)C(=O)N([C@H](C)CO)C[C@H](C)[C@H](CN(C)S(=O)(=O)c2ccc(OC)cc2)OCCCC[C@@H](C)O3)cc1. The predicted molar refractivity (Wildman–Crippen MR) is 195 cm³/mol. The minimum absolute atomic E-state index is 0.0402. The summed E-state index contributed by atoms with van der Waals surface area (Å²) in [5.41, 5.74) is 1.13. The maximum atomic E-state index is 14.4. The van der Waals surface area contributed by atoms with E-state index in [1.807, 2.05) is 13.8 Å². The van der Waals surface area contributed by atoms with Crippen molar-refractivity contribution in [2.75, 3.05) is 58.2 Å². The van der Waals surface area contributed by atoms with Crippen LogP contribution in [0.25, 0.3) is 0 Å². The number of urea groups is 1. The fraction of sp³-hybridized carbons (Fsp3) is 0.459. The van der Waals surface area contributed by atoms with Gasteiger partial charge in [-0.2, -0.15) is 4.31 Å². The van der Waals surface area contributed by atoms with Crippen LogP contribution in [0.2, 0.25) is 0 Å². The first-order valence-electron chi connectivity index (χ1n) is 17.0. The van der Waals surface area contributed by atoms with Crippen molar-refractivity contribution in [2.24, 2.45) is 5.92 Å². The minimum Gasteiger partial charge on any atom is -0.497 e. The molecule has 3 aromatic rings. The van der Waals surface area contributed by atoms with Crippen LogP contribution in [0.3, 0.4) is 0 Å². The first kappa shape index (κ1) is 39.4. The molecule has 0 bridgehead atoms. The van der Waals surface area contributed by atoms with Crippen molar-refractivity contribution in [1.29, 1.82) is 0 Å². The molecule has 278 valence electrons. The molecule has 0 saturated heterocycles. The number of rotatable bonds is 10.